The summed E-state index contributed by atoms with van der Waals surface area (Å²) in [6.07, 6.45) is 0.396. The monoisotopic (exact) mass is 410 g/mol. The average Bonchev–Trinajstić information content (AvgIpc) is 3.10. The van der Waals surface area contributed by atoms with Crippen LogP contribution in [0.15, 0.2) is 15.8 Å². The van der Waals surface area contributed by atoms with Gasteiger partial charge in [0.2, 0.25) is 11.8 Å². The molecule has 12 heteroatoms. The summed E-state index contributed by atoms with van der Waals surface area (Å²) < 4.78 is 9.82. The Bertz CT molecular complexity index is 865. The summed E-state index contributed by atoms with van der Waals surface area (Å²) in [5.41, 5.74) is 0.130. The Kier molecular flexibility index (Phi) is 5.68. The van der Waals surface area contributed by atoms with E-state index in [0.717, 1.165) is 4.90 Å². The molecule has 0 radical (unpaired) electrons. The van der Waals surface area contributed by atoms with Crippen LogP contribution in [0.2, 0.25) is 0 Å². The molecule has 2 amide bonds. The van der Waals surface area contributed by atoms with Crippen LogP contribution in [0.5, 0.6) is 0 Å². The van der Waals surface area contributed by atoms with E-state index in [1.54, 1.807) is 0 Å². The van der Waals surface area contributed by atoms with Crippen LogP contribution in [0.3, 0.4) is 0 Å². The van der Waals surface area contributed by atoms with Crippen molar-refractivity contribution in [1.82, 2.24) is 20.4 Å². The Morgan fingerprint density at radius 3 is 2.79 bits per heavy atom. The highest BCUT2D eigenvalue weighted by atomic mass is 32.2. The number of aliphatic carboxylic acids is 1. The topological polar surface area (TPSA) is 152 Å². The van der Waals surface area contributed by atoms with Crippen LogP contribution in [0, 0.1) is 0 Å². The van der Waals surface area contributed by atoms with Gasteiger partial charge in [-0.2, -0.15) is 4.98 Å². The number of hydrogen-bond donors (Lipinski definition) is 2. The Morgan fingerprint density at radius 1 is 1.43 bits per heavy atom. The first-order valence-corrected chi connectivity index (χ1v) is 9.50. The summed E-state index contributed by atoms with van der Waals surface area (Å²) in [7, 11) is 0. The first kappa shape index (κ1) is 19.9. The van der Waals surface area contributed by atoms with E-state index in [2.05, 4.69) is 15.5 Å². The van der Waals surface area contributed by atoms with E-state index in [1.807, 2.05) is 6.92 Å². The normalized spacial score (nSPS) is 21.1. The van der Waals surface area contributed by atoms with Gasteiger partial charge in [0.15, 0.2) is 5.82 Å². The number of carbonyl (C=O) groups is 4. The van der Waals surface area contributed by atoms with Gasteiger partial charge in [-0.05, 0) is 0 Å². The molecule has 0 saturated carbocycles. The number of ether oxygens (including phenoxy) is 1. The molecule has 0 aromatic carbocycles. The lowest BCUT2D eigenvalue weighted by atomic mass is 10.0. The smallest absolute Gasteiger partial charge is 0.352 e. The van der Waals surface area contributed by atoms with Crippen LogP contribution < -0.4 is 5.32 Å². The number of esters is 1. The number of carboxylic acid groups (broad SMARTS) is 1. The van der Waals surface area contributed by atoms with Crippen molar-refractivity contribution in [1.29, 1.82) is 0 Å². The molecule has 150 valence electrons. The maximum Gasteiger partial charge on any atom is 0.352 e. The van der Waals surface area contributed by atoms with E-state index < -0.39 is 35.2 Å². The summed E-state index contributed by atoms with van der Waals surface area (Å²) in [6.45, 7) is 2.86. The molecule has 1 fully saturated rings. The number of thioether (sulfide) groups is 1. The number of rotatable bonds is 7. The number of fused-ring (bicyclic) bond motifs is 1. The van der Waals surface area contributed by atoms with E-state index in [0.29, 0.717) is 17.8 Å². The van der Waals surface area contributed by atoms with Crippen molar-refractivity contribution in [3.8, 4) is 0 Å². The van der Waals surface area contributed by atoms with Crippen molar-refractivity contribution in [2.75, 3.05) is 12.4 Å². The summed E-state index contributed by atoms with van der Waals surface area (Å²) >= 11 is 1.29. The molecule has 1 aromatic heterocycles. The van der Waals surface area contributed by atoms with E-state index in [4.69, 9.17) is 9.26 Å². The fraction of sp³-hybridized carbons (Fsp3) is 0.500. The summed E-state index contributed by atoms with van der Waals surface area (Å²) in [5, 5.41) is 15.2. The van der Waals surface area contributed by atoms with Gasteiger partial charge in [-0.25, -0.2) is 4.79 Å². The Labute approximate surface area is 163 Å². The lowest BCUT2D eigenvalue weighted by molar-refractivity contribution is -0.151. The SMILES string of the molecule is CCc1noc(CC(=O)NC2C(=O)N3C(C(=O)O)=C(COC(C)=O)CS[C@@H]23)n1. The molecule has 28 heavy (non-hydrogen) atoms. The van der Waals surface area contributed by atoms with Crippen molar-refractivity contribution in [3.05, 3.63) is 23.0 Å². The van der Waals surface area contributed by atoms with Crippen molar-refractivity contribution in [2.24, 2.45) is 0 Å². The maximum absolute atomic E-state index is 12.5. The molecular formula is C16H18N4O7S. The predicted molar refractivity (Wildman–Crippen MR) is 93.7 cm³/mol. The number of carboxylic acids is 1. The number of aryl methyl sites for hydroxylation is 1. The van der Waals surface area contributed by atoms with Gasteiger partial charge in [0.05, 0.1) is 0 Å². The van der Waals surface area contributed by atoms with Crippen LogP contribution in [-0.2, 0) is 36.8 Å². The predicted octanol–water partition coefficient (Wildman–Crippen LogP) is -0.524. The molecule has 0 aliphatic carbocycles. The van der Waals surface area contributed by atoms with Gasteiger partial charge in [-0.3, -0.25) is 19.3 Å². The average molecular weight is 410 g/mol. The summed E-state index contributed by atoms with van der Waals surface area (Å²) in [4.78, 5) is 52.4. The number of carbonyl (C=O) groups excluding carboxylic acids is 3. The van der Waals surface area contributed by atoms with Crippen LogP contribution in [0.25, 0.3) is 0 Å². The van der Waals surface area contributed by atoms with Crippen LogP contribution in [0.1, 0.15) is 25.6 Å². The van der Waals surface area contributed by atoms with Gasteiger partial charge in [0, 0.05) is 24.7 Å². The fourth-order valence-corrected chi connectivity index (χ4v) is 4.18. The van der Waals surface area contributed by atoms with Gasteiger partial charge in [-0.15, -0.1) is 11.8 Å². The zero-order chi connectivity index (χ0) is 20.4. The second-order valence-electron chi connectivity index (χ2n) is 6.13. The lowest BCUT2D eigenvalue weighted by Gasteiger charge is -2.49. The van der Waals surface area contributed by atoms with Crippen molar-refractivity contribution in [2.45, 2.75) is 38.1 Å². The van der Waals surface area contributed by atoms with Gasteiger partial charge in [0.1, 0.15) is 30.1 Å². The second-order valence-corrected chi connectivity index (χ2v) is 7.23. The zero-order valence-electron chi connectivity index (χ0n) is 15.1. The third-order valence-corrected chi connectivity index (χ3v) is 5.49. The highest BCUT2D eigenvalue weighted by Crippen LogP contribution is 2.40. The van der Waals surface area contributed by atoms with Gasteiger partial charge >= 0.3 is 11.9 Å². The van der Waals surface area contributed by atoms with E-state index >= 15 is 0 Å². The fourth-order valence-electron chi connectivity index (χ4n) is 2.85. The van der Waals surface area contributed by atoms with Crippen molar-refractivity contribution in [3.63, 3.8) is 0 Å². The third kappa shape index (κ3) is 3.86. The molecule has 2 aliphatic rings. The van der Waals surface area contributed by atoms with Crippen molar-refractivity contribution >= 4 is 35.5 Å². The van der Waals surface area contributed by atoms with Crippen LogP contribution in [0.4, 0.5) is 0 Å². The number of amides is 2. The number of nitrogens with zero attached hydrogens (tertiary/aromatic N) is 3. The summed E-state index contributed by atoms with van der Waals surface area (Å²) in [5.74, 6) is -1.96. The number of nitrogens with one attached hydrogen (secondary N) is 1. The Balaban J connectivity index is 1.66. The molecule has 2 atom stereocenters. The number of hydrogen-bond acceptors (Lipinski definition) is 9. The maximum atomic E-state index is 12.5. The van der Waals surface area contributed by atoms with Crippen molar-refractivity contribution < 1.29 is 33.5 Å². The van der Waals surface area contributed by atoms with E-state index in [9.17, 15) is 24.3 Å². The number of β-lactam (4-membered cyclic amide) rings is 1. The van der Waals surface area contributed by atoms with E-state index in [1.165, 1.54) is 18.7 Å². The Hall–Kier alpha value is -2.89. The number of aromatic nitrogens is 2. The largest absolute Gasteiger partial charge is 0.477 e. The molecule has 2 aliphatic heterocycles. The highest BCUT2D eigenvalue weighted by molar-refractivity contribution is 8.00. The van der Waals surface area contributed by atoms with Crippen LogP contribution >= 0.6 is 11.8 Å². The first-order chi connectivity index (χ1) is 13.3. The molecule has 1 saturated heterocycles. The minimum atomic E-state index is -1.29. The van der Waals surface area contributed by atoms with Crippen LogP contribution in [-0.4, -0.2) is 67.7 Å². The van der Waals surface area contributed by atoms with E-state index in [-0.39, 0.29) is 30.4 Å². The Morgan fingerprint density at radius 2 is 2.18 bits per heavy atom. The minimum absolute atomic E-state index is 0.143. The molecule has 1 aromatic rings. The third-order valence-electron chi connectivity index (χ3n) is 4.15. The molecular weight excluding hydrogens is 392 g/mol. The molecule has 3 rings (SSSR count). The molecule has 11 nitrogen and oxygen atoms in total. The van der Waals surface area contributed by atoms with Gasteiger partial charge in [-0.1, -0.05) is 12.1 Å². The first-order valence-electron chi connectivity index (χ1n) is 8.46. The standard InChI is InChI=1S/C16H18N4O7S/c1-3-9-17-11(27-19-9)4-10(22)18-12-14(23)20-13(16(24)25)8(5-26-7(2)21)6-28-15(12)20/h12,15H,3-6H2,1-2H3,(H,18,22)(H,24,25)/t12?,15-/m0/s1. The second kappa shape index (κ2) is 8.00. The highest BCUT2D eigenvalue weighted by Gasteiger charge is 2.54. The summed E-state index contributed by atoms with van der Waals surface area (Å²) in [6, 6.07) is -0.851. The molecule has 0 bridgehead atoms. The molecule has 1 unspecified atom stereocenters. The quantitative estimate of drug-likeness (QED) is 0.443. The molecule has 2 N–H and O–H groups in total. The lowest BCUT2D eigenvalue weighted by Crippen LogP contribution is -2.70. The zero-order valence-corrected chi connectivity index (χ0v) is 15.9. The molecule has 3 heterocycles. The van der Waals surface area contributed by atoms with Gasteiger partial charge < -0.3 is 19.7 Å². The van der Waals surface area contributed by atoms with Gasteiger partial charge in [0.25, 0.3) is 5.91 Å². The molecule has 0 spiro atoms. The minimum Gasteiger partial charge on any atom is -0.477 e.